The van der Waals surface area contributed by atoms with Gasteiger partial charge in [0, 0.05) is 23.7 Å². The molecule has 3 aromatic rings. The Bertz CT molecular complexity index is 805. The Morgan fingerprint density at radius 1 is 1.00 bits per heavy atom. The summed E-state index contributed by atoms with van der Waals surface area (Å²) in [5.74, 6) is 0.183. The zero-order valence-corrected chi connectivity index (χ0v) is 11.4. The summed E-state index contributed by atoms with van der Waals surface area (Å²) in [7, 11) is 0. The van der Waals surface area contributed by atoms with Crippen molar-refractivity contribution in [1.29, 1.82) is 0 Å². The van der Waals surface area contributed by atoms with Crippen LogP contribution >= 0.6 is 0 Å². The highest BCUT2D eigenvalue weighted by Gasteiger charge is 2.31. The lowest BCUT2D eigenvalue weighted by molar-refractivity contribution is 0.0942. The quantitative estimate of drug-likeness (QED) is 0.716. The second-order valence-electron chi connectivity index (χ2n) is 5.31. The molecule has 102 valence electrons. The molecule has 1 aliphatic carbocycles. The van der Waals surface area contributed by atoms with Gasteiger partial charge in [-0.3, -0.25) is 4.79 Å². The summed E-state index contributed by atoms with van der Waals surface area (Å²) in [5, 5.41) is 0. The Labute approximate surface area is 122 Å². The van der Waals surface area contributed by atoms with Gasteiger partial charge in [-0.1, -0.05) is 54.6 Å². The van der Waals surface area contributed by atoms with Gasteiger partial charge in [-0.2, -0.15) is 0 Å². The number of Topliss-reactive ketones (excluding diaryl/α,β-unsaturated/α-hetero) is 1. The van der Waals surface area contributed by atoms with Crippen molar-refractivity contribution in [3.05, 3.63) is 78.2 Å². The van der Waals surface area contributed by atoms with Crippen molar-refractivity contribution in [3.8, 4) is 11.3 Å². The van der Waals surface area contributed by atoms with Gasteiger partial charge in [-0.15, -0.1) is 0 Å². The highest BCUT2D eigenvalue weighted by atomic mass is 16.1. The van der Waals surface area contributed by atoms with E-state index in [1.165, 1.54) is 0 Å². The van der Waals surface area contributed by atoms with Crippen molar-refractivity contribution in [1.82, 2.24) is 9.55 Å². The number of imidazole rings is 1. The number of aromatic nitrogens is 2. The molecule has 4 rings (SSSR count). The first-order valence-electron chi connectivity index (χ1n) is 7.04. The van der Waals surface area contributed by atoms with Crippen molar-refractivity contribution in [2.45, 2.75) is 12.5 Å². The first kappa shape index (κ1) is 12.1. The molecule has 1 unspecified atom stereocenters. The maximum absolute atomic E-state index is 12.5. The summed E-state index contributed by atoms with van der Waals surface area (Å²) in [5.41, 5.74) is 3.94. The van der Waals surface area contributed by atoms with Crippen molar-refractivity contribution in [2.75, 3.05) is 0 Å². The Morgan fingerprint density at radius 3 is 2.57 bits per heavy atom. The number of carbonyl (C=O) groups is 1. The van der Waals surface area contributed by atoms with Crippen LogP contribution in [0.4, 0.5) is 0 Å². The molecule has 0 spiro atoms. The van der Waals surface area contributed by atoms with Gasteiger partial charge in [0.15, 0.2) is 5.78 Å². The van der Waals surface area contributed by atoms with Gasteiger partial charge in [-0.05, 0) is 5.56 Å². The monoisotopic (exact) mass is 274 g/mol. The van der Waals surface area contributed by atoms with Crippen LogP contribution < -0.4 is 0 Å². The molecule has 0 bridgehead atoms. The molecule has 0 radical (unpaired) electrons. The molecule has 0 saturated heterocycles. The molecule has 1 aromatic heterocycles. The molecular weight excluding hydrogens is 260 g/mol. The maximum atomic E-state index is 12.5. The fourth-order valence-corrected chi connectivity index (χ4v) is 2.93. The van der Waals surface area contributed by atoms with Crippen LogP contribution in [0.1, 0.15) is 22.0 Å². The molecule has 1 aliphatic rings. The van der Waals surface area contributed by atoms with E-state index in [-0.39, 0.29) is 11.8 Å². The maximum Gasteiger partial charge on any atom is 0.186 e. The van der Waals surface area contributed by atoms with Crippen LogP contribution in [0.15, 0.2) is 67.1 Å². The molecule has 0 N–H and O–H groups in total. The van der Waals surface area contributed by atoms with E-state index in [4.69, 9.17) is 0 Å². The minimum atomic E-state index is -0.160. The van der Waals surface area contributed by atoms with E-state index < -0.39 is 0 Å². The van der Waals surface area contributed by atoms with Gasteiger partial charge in [0.25, 0.3) is 0 Å². The Morgan fingerprint density at radius 2 is 1.76 bits per heavy atom. The third-order valence-electron chi connectivity index (χ3n) is 4.03. The number of benzene rings is 2. The molecular formula is C18H14N2O. The summed E-state index contributed by atoms with van der Waals surface area (Å²) in [6.45, 7) is 0. The van der Waals surface area contributed by atoms with Crippen LogP contribution in [0, 0.1) is 0 Å². The van der Waals surface area contributed by atoms with Crippen LogP contribution in [0.2, 0.25) is 0 Å². The smallest absolute Gasteiger partial charge is 0.186 e. The molecule has 3 nitrogen and oxygen atoms in total. The summed E-state index contributed by atoms with van der Waals surface area (Å²) >= 11 is 0. The lowest BCUT2D eigenvalue weighted by Crippen LogP contribution is -2.13. The van der Waals surface area contributed by atoms with E-state index in [0.717, 1.165) is 28.8 Å². The van der Waals surface area contributed by atoms with Gasteiger partial charge in [0.05, 0.1) is 12.0 Å². The van der Waals surface area contributed by atoms with Crippen LogP contribution in [-0.2, 0) is 6.42 Å². The van der Waals surface area contributed by atoms with Crippen molar-refractivity contribution in [3.63, 3.8) is 0 Å². The molecule has 0 fully saturated rings. The van der Waals surface area contributed by atoms with E-state index in [9.17, 15) is 4.79 Å². The highest BCUT2D eigenvalue weighted by Crippen LogP contribution is 2.31. The normalized spacial score (nSPS) is 17.0. The second-order valence-corrected chi connectivity index (χ2v) is 5.31. The number of rotatable bonds is 2. The zero-order chi connectivity index (χ0) is 14.2. The van der Waals surface area contributed by atoms with Gasteiger partial charge in [0.2, 0.25) is 0 Å². The Balaban J connectivity index is 1.68. The van der Waals surface area contributed by atoms with Crippen LogP contribution in [0.3, 0.4) is 0 Å². The van der Waals surface area contributed by atoms with Crippen LogP contribution in [0.25, 0.3) is 11.3 Å². The van der Waals surface area contributed by atoms with E-state index in [1.54, 1.807) is 6.33 Å². The summed E-state index contributed by atoms with van der Waals surface area (Å²) < 4.78 is 1.94. The molecule has 2 aromatic carbocycles. The van der Waals surface area contributed by atoms with Crippen molar-refractivity contribution < 1.29 is 4.79 Å². The fraction of sp³-hybridized carbons (Fsp3) is 0.111. The standard InChI is InChI=1S/C18H14N2O/c21-18-15-9-5-4-8-14(15)10-17(18)20-11-16(19-12-20)13-6-2-1-3-7-13/h1-9,11-12,17H,10H2. The largest absolute Gasteiger partial charge is 0.326 e. The molecule has 3 heteroatoms. The van der Waals surface area contributed by atoms with Crippen LogP contribution in [-0.4, -0.2) is 15.3 Å². The van der Waals surface area contributed by atoms with E-state index in [2.05, 4.69) is 4.98 Å². The third kappa shape index (κ3) is 1.98. The average Bonchev–Trinajstić information content (AvgIpc) is 3.14. The first-order valence-corrected chi connectivity index (χ1v) is 7.04. The number of hydrogen-bond donors (Lipinski definition) is 0. The fourth-order valence-electron chi connectivity index (χ4n) is 2.93. The number of carbonyl (C=O) groups excluding carboxylic acids is 1. The molecule has 21 heavy (non-hydrogen) atoms. The number of nitrogens with zero attached hydrogens (tertiary/aromatic N) is 2. The molecule has 1 atom stereocenters. The average molecular weight is 274 g/mol. The molecule has 0 aliphatic heterocycles. The van der Waals surface area contributed by atoms with E-state index >= 15 is 0 Å². The van der Waals surface area contributed by atoms with E-state index in [1.807, 2.05) is 65.4 Å². The Kier molecular flexibility index (Phi) is 2.71. The Hall–Kier alpha value is -2.68. The number of fused-ring (bicyclic) bond motifs is 1. The van der Waals surface area contributed by atoms with Gasteiger partial charge in [0.1, 0.15) is 6.04 Å². The summed E-state index contributed by atoms with van der Waals surface area (Å²) in [4.78, 5) is 16.9. The van der Waals surface area contributed by atoms with Crippen molar-refractivity contribution in [2.24, 2.45) is 0 Å². The molecule has 0 saturated carbocycles. The minimum Gasteiger partial charge on any atom is -0.326 e. The van der Waals surface area contributed by atoms with Gasteiger partial charge in [-0.25, -0.2) is 4.98 Å². The SMILES string of the molecule is O=C1c2ccccc2CC1n1cnc(-c2ccccc2)c1. The lowest BCUT2D eigenvalue weighted by Gasteiger charge is -2.08. The highest BCUT2D eigenvalue weighted by molar-refractivity contribution is 6.03. The third-order valence-corrected chi connectivity index (χ3v) is 4.03. The van der Waals surface area contributed by atoms with E-state index in [0.29, 0.717) is 0 Å². The molecule has 1 heterocycles. The predicted molar refractivity (Wildman–Crippen MR) is 81.2 cm³/mol. The minimum absolute atomic E-state index is 0.160. The predicted octanol–water partition coefficient (Wildman–Crippen LogP) is 3.53. The lowest BCUT2D eigenvalue weighted by atomic mass is 10.1. The summed E-state index contributed by atoms with van der Waals surface area (Å²) in [6, 6.07) is 17.7. The summed E-state index contributed by atoms with van der Waals surface area (Å²) in [6.07, 6.45) is 4.47. The molecule has 0 amide bonds. The first-order chi connectivity index (χ1) is 10.3. The second kappa shape index (κ2) is 4.70. The van der Waals surface area contributed by atoms with Crippen molar-refractivity contribution >= 4 is 5.78 Å². The number of hydrogen-bond acceptors (Lipinski definition) is 2. The van der Waals surface area contributed by atoms with Crippen LogP contribution in [0.5, 0.6) is 0 Å². The number of ketones is 1. The van der Waals surface area contributed by atoms with Gasteiger partial charge >= 0.3 is 0 Å². The van der Waals surface area contributed by atoms with Gasteiger partial charge < -0.3 is 4.57 Å². The topological polar surface area (TPSA) is 34.9 Å². The zero-order valence-electron chi connectivity index (χ0n) is 11.4.